The van der Waals surface area contributed by atoms with E-state index in [0.717, 1.165) is 26.1 Å². The SMILES string of the molecule is CC(C)Cn1ccnc(N2CCC(Br)C2)c1=O. The molecule has 1 aliphatic heterocycles. The third-order valence-corrected chi connectivity index (χ3v) is 3.64. The maximum atomic E-state index is 12.2. The van der Waals surface area contributed by atoms with E-state index in [9.17, 15) is 4.79 Å². The fourth-order valence-electron chi connectivity index (χ4n) is 2.10. The standard InChI is InChI=1S/C12H18BrN3O/c1-9(2)7-16-6-4-14-11(12(16)17)15-5-3-10(13)8-15/h4,6,9-10H,3,5,7-8H2,1-2H3. The summed E-state index contributed by atoms with van der Waals surface area (Å²) < 4.78 is 1.76. The molecule has 0 spiro atoms. The Morgan fingerprint density at radius 3 is 2.94 bits per heavy atom. The van der Waals surface area contributed by atoms with Crippen LogP contribution >= 0.6 is 15.9 Å². The average molecular weight is 300 g/mol. The highest BCUT2D eigenvalue weighted by Crippen LogP contribution is 2.19. The van der Waals surface area contributed by atoms with E-state index >= 15 is 0 Å². The highest BCUT2D eigenvalue weighted by atomic mass is 79.9. The molecule has 1 saturated heterocycles. The fraction of sp³-hybridized carbons (Fsp3) is 0.667. The summed E-state index contributed by atoms with van der Waals surface area (Å²) in [5, 5.41) is 0. The van der Waals surface area contributed by atoms with Gasteiger partial charge in [-0.25, -0.2) is 4.98 Å². The lowest BCUT2D eigenvalue weighted by Gasteiger charge is -2.17. The lowest BCUT2D eigenvalue weighted by atomic mass is 10.2. The van der Waals surface area contributed by atoms with Crippen LogP contribution in [0.5, 0.6) is 0 Å². The molecule has 0 N–H and O–H groups in total. The molecule has 1 unspecified atom stereocenters. The van der Waals surface area contributed by atoms with Crippen molar-refractivity contribution < 1.29 is 0 Å². The molecule has 1 aromatic rings. The Balaban J connectivity index is 2.26. The van der Waals surface area contributed by atoms with E-state index in [0.29, 0.717) is 16.6 Å². The average Bonchev–Trinajstić information content (AvgIpc) is 2.67. The number of hydrogen-bond donors (Lipinski definition) is 0. The molecule has 0 aromatic carbocycles. The van der Waals surface area contributed by atoms with E-state index in [2.05, 4.69) is 39.7 Å². The number of alkyl halides is 1. The number of anilines is 1. The van der Waals surface area contributed by atoms with Crippen molar-refractivity contribution >= 4 is 21.7 Å². The van der Waals surface area contributed by atoms with Crippen LogP contribution in [0.15, 0.2) is 17.2 Å². The van der Waals surface area contributed by atoms with Crippen molar-refractivity contribution in [2.75, 3.05) is 18.0 Å². The number of aromatic nitrogens is 2. The van der Waals surface area contributed by atoms with Gasteiger partial charge in [0.2, 0.25) is 0 Å². The molecule has 1 atom stereocenters. The van der Waals surface area contributed by atoms with Gasteiger partial charge in [-0.15, -0.1) is 0 Å². The summed E-state index contributed by atoms with van der Waals surface area (Å²) in [6.45, 7) is 6.74. The molecular weight excluding hydrogens is 282 g/mol. The van der Waals surface area contributed by atoms with Crippen LogP contribution in [0.2, 0.25) is 0 Å². The summed E-state index contributed by atoms with van der Waals surface area (Å²) in [5.41, 5.74) is 0.0304. The predicted octanol–water partition coefficient (Wildman–Crippen LogP) is 1.87. The van der Waals surface area contributed by atoms with Crippen LogP contribution in [0.25, 0.3) is 0 Å². The second-order valence-electron chi connectivity index (χ2n) is 4.93. The van der Waals surface area contributed by atoms with Crippen molar-refractivity contribution in [3.05, 3.63) is 22.7 Å². The lowest BCUT2D eigenvalue weighted by Crippen LogP contribution is -2.32. The summed E-state index contributed by atoms with van der Waals surface area (Å²) in [4.78, 5) is 19.0. The van der Waals surface area contributed by atoms with Gasteiger partial charge >= 0.3 is 0 Å². The molecule has 0 saturated carbocycles. The molecule has 94 valence electrons. The quantitative estimate of drug-likeness (QED) is 0.800. The zero-order chi connectivity index (χ0) is 12.4. The molecule has 0 bridgehead atoms. The van der Waals surface area contributed by atoms with Gasteiger partial charge in [-0.2, -0.15) is 0 Å². The van der Waals surface area contributed by atoms with Gasteiger partial charge in [0.25, 0.3) is 5.56 Å². The number of hydrogen-bond acceptors (Lipinski definition) is 3. The van der Waals surface area contributed by atoms with Gasteiger partial charge in [0.15, 0.2) is 5.82 Å². The molecule has 1 fully saturated rings. The molecular formula is C12H18BrN3O. The Kier molecular flexibility index (Phi) is 3.86. The summed E-state index contributed by atoms with van der Waals surface area (Å²) >= 11 is 3.58. The van der Waals surface area contributed by atoms with Crippen LogP contribution in [0, 0.1) is 5.92 Å². The molecule has 1 aromatic heterocycles. The van der Waals surface area contributed by atoms with Gasteiger partial charge in [0.1, 0.15) is 0 Å². The van der Waals surface area contributed by atoms with E-state index in [1.807, 2.05) is 0 Å². The Bertz CT molecular complexity index is 444. The summed E-state index contributed by atoms with van der Waals surface area (Å²) in [6.07, 6.45) is 4.56. The Labute approximate surface area is 110 Å². The largest absolute Gasteiger partial charge is 0.351 e. The smallest absolute Gasteiger partial charge is 0.293 e. The summed E-state index contributed by atoms with van der Waals surface area (Å²) in [5.74, 6) is 1.06. The first-order valence-electron chi connectivity index (χ1n) is 6.02. The number of nitrogens with zero attached hydrogens (tertiary/aromatic N) is 3. The molecule has 4 nitrogen and oxygen atoms in total. The minimum Gasteiger partial charge on any atom is -0.351 e. The van der Waals surface area contributed by atoms with E-state index in [1.165, 1.54) is 0 Å². The van der Waals surface area contributed by atoms with Crippen LogP contribution in [0.4, 0.5) is 5.82 Å². The molecule has 17 heavy (non-hydrogen) atoms. The number of halogens is 1. The highest BCUT2D eigenvalue weighted by molar-refractivity contribution is 9.09. The molecule has 5 heteroatoms. The van der Waals surface area contributed by atoms with Crippen molar-refractivity contribution in [3.8, 4) is 0 Å². The fourth-order valence-corrected chi connectivity index (χ4v) is 2.65. The normalized spacial score (nSPS) is 20.2. The Hall–Kier alpha value is -0.840. The van der Waals surface area contributed by atoms with Gasteiger partial charge in [-0.3, -0.25) is 4.79 Å². The third kappa shape index (κ3) is 2.89. The van der Waals surface area contributed by atoms with Crippen LogP contribution < -0.4 is 10.5 Å². The molecule has 0 aliphatic carbocycles. The molecule has 2 heterocycles. The molecule has 1 aliphatic rings. The predicted molar refractivity (Wildman–Crippen MR) is 72.9 cm³/mol. The van der Waals surface area contributed by atoms with Crippen molar-refractivity contribution in [3.63, 3.8) is 0 Å². The summed E-state index contributed by atoms with van der Waals surface area (Å²) in [6, 6.07) is 0. The van der Waals surface area contributed by atoms with Crippen molar-refractivity contribution in [1.29, 1.82) is 0 Å². The highest BCUT2D eigenvalue weighted by Gasteiger charge is 2.23. The first kappa shape index (κ1) is 12.6. The van der Waals surface area contributed by atoms with Gasteiger partial charge in [-0.1, -0.05) is 29.8 Å². The minimum absolute atomic E-state index is 0.0304. The van der Waals surface area contributed by atoms with Crippen LogP contribution in [-0.2, 0) is 6.54 Å². The van der Waals surface area contributed by atoms with Gasteiger partial charge in [-0.05, 0) is 12.3 Å². The van der Waals surface area contributed by atoms with Gasteiger partial charge in [0.05, 0.1) is 0 Å². The molecule has 0 radical (unpaired) electrons. The maximum Gasteiger partial charge on any atom is 0.293 e. The monoisotopic (exact) mass is 299 g/mol. The first-order chi connectivity index (χ1) is 8.08. The molecule has 2 rings (SSSR count). The minimum atomic E-state index is 0.0304. The van der Waals surface area contributed by atoms with E-state index < -0.39 is 0 Å². The Morgan fingerprint density at radius 1 is 1.59 bits per heavy atom. The lowest BCUT2D eigenvalue weighted by molar-refractivity contribution is 0.508. The van der Waals surface area contributed by atoms with Gasteiger partial charge in [0, 0.05) is 36.9 Å². The van der Waals surface area contributed by atoms with Crippen LogP contribution in [0.3, 0.4) is 0 Å². The first-order valence-corrected chi connectivity index (χ1v) is 6.94. The van der Waals surface area contributed by atoms with Crippen LogP contribution in [0.1, 0.15) is 20.3 Å². The van der Waals surface area contributed by atoms with Crippen molar-refractivity contribution in [2.24, 2.45) is 5.92 Å². The third-order valence-electron chi connectivity index (χ3n) is 2.89. The van der Waals surface area contributed by atoms with E-state index in [4.69, 9.17) is 0 Å². The Morgan fingerprint density at radius 2 is 2.35 bits per heavy atom. The van der Waals surface area contributed by atoms with Crippen molar-refractivity contribution in [1.82, 2.24) is 9.55 Å². The van der Waals surface area contributed by atoms with Crippen molar-refractivity contribution in [2.45, 2.75) is 31.6 Å². The second-order valence-corrected chi connectivity index (χ2v) is 6.23. The maximum absolute atomic E-state index is 12.2. The summed E-state index contributed by atoms with van der Waals surface area (Å²) in [7, 11) is 0. The van der Waals surface area contributed by atoms with E-state index in [-0.39, 0.29) is 5.56 Å². The zero-order valence-electron chi connectivity index (χ0n) is 10.3. The van der Waals surface area contributed by atoms with E-state index in [1.54, 1.807) is 17.0 Å². The van der Waals surface area contributed by atoms with Gasteiger partial charge < -0.3 is 9.47 Å². The zero-order valence-corrected chi connectivity index (χ0v) is 11.9. The second kappa shape index (κ2) is 5.21. The van der Waals surface area contributed by atoms with Crippen LogP contribution in [-0.4, -0.2) is 27.5 Å². The molecule has 0 amide bonds. The topological polar surface area (TPSA) is 38.1 Å². The number of rotatable bonds is 3.